The van der Waals surface area contributed by atoms with Gasteiger partial charge in [-0.05, 0) is 24.7 Å². The summed E-state index contributed by atoms with van der Waals surface area (Å²) in [6, 6.07) is 6.94. The quantitative estimate of drug-likeness (QED) is 0.823. The fourth-order valence-electron chi connectivity index (χ4n) is 1.23. The molecule has 0 saturated carbocycles. The molecule has 4 nitrogen and oxygen atoms in total. The Morgan fingerprint density at radius 1 is 1.33 bits per heavy atom. The minimum absolute atomic E-state index is 0.334. The van der Waals surface area contributed by atoms with Crippen molar-refractivity contribution in [3.63, 3.8) is 0 Å². The third kappa shape index (κ3) is 2.77. The summed E-state index contributed by atoms with van der Waals surface area (Å²) < 4.78 is 24.8. The van der Waals surface area contributed by atoms with Crippen molar-refractivity contribution in [1.82, 2.24) is 9.62 Å². The first kappa shape index (κ1) is 12.2. The molecule has 0 bridgehead atoms. The van der Waals surface area contributed by atoms with Crippen molar-refractivity contribution in [3.8, 4) is 0 Å². The van der Waals surface area contributed by atoms with E-state index in [1.165, 1.54) is 18.4 Å². The highest BCUT2D eigenvalue weighted by molar-refractivity contribution is 7.89. The molecule has 1 rings (SSSR count). The number of sulfonamides is 1. The van der Waals surface area contributed by atoms with E-state index in [0.717, 1.165) is 5.56 Å². The van der Waals surface area contributed by atoms with Crippen LogP contribution in [0.4, 0.5) is 0 Å². The van der Waals surface area contributed by atoms with Crippen molar-refractivity contribution in [1.29, 1.82) is 0 Å². The predicted octanol–water partition coefficient (Wildman–Crippen LogP) is 0.656. The first-order valence-corrected chi connectivity index (χ1v) is 6.08. The zero-order valence-electron chi connectivity index (χ0n) is 9.19. The minimum atomic E-state index is -3.31. The van der Waals surface area contributed by atoms with Gasteiger partial charge in [-0.25, -0.2) is 12.7 Å². The summed E-state index contributed by atoms with van der Waals surface area (Å²) >= 11 is 0. The van der Waals surface area contributed by atoms with Gasteiger partial charge in [-0.3, -0.25) is 0 Å². The minimum Gasteiger partial charge on any atom is -0.316 e. The smallest absolute Gasteiger partial charge is 0.242 e. The van der Waals surface area contributed by atoms with Crippen LogP contribution in [0.2, 0.25) is 0 Å². The Morgan fingerprint density at radius 2 is 2.00 bits per heavy atom. The van der Waals surface area contributed by atoms with E-state index in [1.807, 2.05) is 13.1 Å². The lowest BCUT2D eigenvalue weighted by molar-refractivity contribution is 0.520. The Balaban J connectivity index is 3.11. The van der Waals surface area contributed by atoms with Gasteiger partial charge in [0.05, 0.1) is 4.90 Å². The summed E-state index contributed by atoms with van der Waals surface area (Å²) in [6.07, 6.45) is 0. The molecular weight excluding hydrogens is 212 g/mol. The molecule has 84 valence electrons. The summed E-state index contributed by atoms with van der Waals surface area (Å²) in [5.41, 5.74) is 0.959. The second-order valence-corrected chi connectivity index (χ2v) is 5.62. The van der Waals surface area contributed by atoms with Gasteiger partial charge in [0.15, 0.2) is 0 Å². The topological polar surface area (TPSA) is 49.4 Å². The number of hydrogen-bond acceptors (Lipinski definition) is 3. The van der Waals surface area contributed by atoms with E-state index in [2.05, 4.69) is 5.32 Å². The van der Waals surface area contributed by atoms with Crippen LogP contribution in [0.1, 0.15) is 5.56 Å². The highest BCUT2D eigenvalue weighted by Gasteiger charge is 2.16. The summed E-state index contributed by atoms with van der Waals surface area (Å²) in [5, 5.41) is 2.98. The molecule has 0 atom stereocenters. The first-order valence-electron chi connectivity index (χ1n) is 4.64. The van der Waals surface area contributed by atoms with E-state index in [0.29, 0.717) is 11.4 Å². The van der Waals surface area contributed by atoms with Crippen molar-refractivity contribution in [2.75, 3.05) is 21.1 Å². The molecule has 1 N–H and O–H groups in total. The second-order valence-electron chi connectivity index (χ2n) is 3.47. The van der Waals surface area contributed by atoms with Gasteiger partial charge in [-0.15, -0.1) is 0 Å². The van der Waals surface area contributed by atoms with Crippen molar-refractivity contribution in [2.24, 2.45) is 0 Å². The van der Waals surface area contributed by atoms with Gasteiger partial charge < -0.3 is 5.32 Å². The summed E-state index contributed by atoms with van der Waals surface area (Å²) in [5.74, 6) is 0. The molecular formula is C10H16N2O2S. The monoisotopic (exact) mass is 228 g/mol. The van der Waals surface area contributed by atoms with E-state index in [4.69, 9.17) is 0 Å². The fraction of sp³-hybridized carbons (Fsp3) is 0.400. The average molecular weight is 228 g/mol. The van der Waals surface area contributed by atoms with Crippen molar-refractivity contribution in [2.45, 2.75) is 11.4 Å². The molecule has 0 spiro atoms. The number of hydrogen-bond donors (Lipinski definition) is 1. The maximum absolute atomic E-state index is 11.8. The van der Waals surface area contributed by atoms with E-state index in [1.54, 1.807) is 18.2 Å². The lowest BCUT2D eigenvalue weighted by Gasteiger charge is -2.12. The van der Waals surface area contributed by atoms with Crippen LogP contribution >= 0.6 is 0 Å². The largest absolute Gasteiger partial charge is 0.316 e. The summed E-state index contributed by atoms with van der Waals surface area (Å²) in [4.78, 5) is 0.334. The van der Waals surface area contributed by atoms with Crippen LogP contribution in [0.15, 0.2) is 29.2 Å². The van der Waals surface area contributed by atoms with Crippen molar-refractivity contribution < 1.29 is 8.42 Å². The molecule has 0 aliphatic carbocycles. The number of benzene rings is 1. The van der Waals surface area contributed by atoms with Gasteiger partial charge in [-0.1, -0.05) is 12.1 Å². The molecule has 1 aromatic rings. The van der Waals surface area contributed by atoms with Crippen LogP contribution in [0, 0.1) is 0 Å². The molecule has 5 heteroatoms. The number of nitrogens with zero attached hydrogens (tertiary/aromatic N) is 1. The van der Waals surface area contributed by atoms with E-state index in [9.17, 15) is 8.42 Å². The summed E-state index contributed by atoms with van der Waals surface area (Å²) in [7, 11) is 1.57. The van der Waals surface area contributed by atoms with Gasteiger partial charge in [0.2, 0.25) is 10.0 Å². The summed E-state index contributed by atoms with van der Waals surface area (Å²) in [6.45, 7) is 0.663. The fourth-order valence-corrected chi connectivity index (χ4v) is 2.20. The molecule has 0 fully saturated rings. The van der Waals surface area contributed by atoms with Gasteiger partial charge >= 0.3 is 0 Å². The van der Waals surface area contributed by atoms with Crippen LogP contribution in [0.25, 0.3) is 0 Å². The predicted molar refractivity (Wildman–Crippen MR) is 60.1 cm³/mol. The molecule has 0 aromatic heterocycles. The Labute approximate surface area is 91.0 Å². The lowest BCUT2D eigenvalue weighted by Crippen LogP contribution is -2.22. The van der Waals surface area contributed by atoms with Gasteiger partial charge in [0.1, 0.15) is 0 Å². The zero-order chi connectivity index (χ0) is 11.5. The zero-order valence-corrected chi connectivity index (χ0v) is 10.0. The van der Waals surface area contributed by atoms with Crippen LogP contribution in [-0.4, -0.2) is 33.9 Å². The Hall–Kier alpha value is -0.910. The molecule has 0 saturated heterocycles. The average Bonchev–Trinajstić information content (AvgIpc) is 2.18. The Bertz CT molecular complexity index is 427. The number of rotatable bonds is 4. The molecule has 1 aromatic carbocycles. The molecule has 0 aliphatic rings. The highest BCUT2D eigenvalue weighted by atomic mass is 32.2. The third-order valence-electron chi connectivity index (χ3n) is 2.06. The second kappa shape index (κ2) is 4.74. The molecule has 0 aliphatic heterocycles. The number of nitrogens with one attached hydrogen (secondary N) is 1. The third-order valence-corrected chi connectivity index (χ3v) is 3.87. The normalized spacial score (nSPS) is 12.0. The molecule has 0 unspecified atom stereocenters. The van der Waals surface area contributed by atoms with Crippen LogP contribution in [0.5, 0.6) is 0 Å². The first-order chi connectivity index (χ1) is 6.98. The van der Waals surface area contributed by atoms with Gasteiger partial charge in [0, 0.05) is 20.6 Å². The molecule has 0 amide bonds. The van der Waals surface area contributed by atoms with Crippen LogP contribution in [-0.2, 0) is 16.6 Å². The van der Waals surface area contributed by atoms with Crippen molar-refractivity contribution in [3.05, 3.63) is 29.8 Å². The van der Waals surface area contributed by atoms with Gasteiger partial charge in [0.25, 0.3) is 0 Å². The highest BCUT2D eigenvalue weighted by Crippen LogP contribution is 2.14. The van der Waals surface area contributed by atoms with E-state index >= 15 is 0 Å². The van der Waals surface area contributed by atoms with Crippen molar-refractivity contribution >= 4 is 10.0 Å². The Kier molecular flexibility index (Phi) is 3.84. The van der Waals surface area contributed by atoms with Gasteiger partial charge in [-0.2, -0.15) is 0 Å². The molecule has 15 heavy (non-hydrogen) atoms. The maximum Gasteiger partial charge on any atom is 0.242 e. The Morgan fingerprint density at radius 3 is 2.53 bits per heavy atom. The standard InChI is InChI=1S/C10H16N2O2S/c1-11-8-9-5-4-6-10(7-9)15(13,14)12(2)3/h4-7,11H,8H2,1-3H3. The molecule has 0 radical (unpaired) electrons. The van der Waals surface area contributed by atoms with E-state index < -0.39 is 10.0 Å². The maximum atomic E-state index is 11.8. The molecule has 0 heterocycles. The van der Waals surface area contributed by atoms with Crippen LogP contribution < -0.4 is 5.32 Å². The SMILES string of the molecule is CNCc1cccc(S(=O)(=O)N(C)C)c1. The van der Waals surface area contributed by atoms with Crippen LogP contribution in [0.3, 0.4) is 0 Å². The lowest BCUT2D eigenvalue weighted by atomic mass is 10.2. The van der Waals surface area contributed by atoms with E-state index in [-0.39, 0.29) is 0 Å².